The molecule has 0 aromatic heterocycles. The predicted molar refractivity (Wildman–Crippen MR) is 75.5 cm³/mol. The highest BCUT2D eigenvalue weighted by molar-refractivity contribution is 7.89. The Balaban J connectivity index is 3.21. The molecule has 0 aliphatic heterocycles. The number of hydrogen-bond donors (Lipinski definition) is 2. The molecule has 0 saturated carbocycles. The van der Waals surface area contributed by atoms with E-state index in [9.17, 15) is 21.6 Å². The minimum Gasteiger partial charge on any atom is -0.398 e. The van der Waals surface area contributed by atoms with Crippen LogP contribution in [0.5, 0.6) is 0 Å². The second kappa shape index (κ2) is 5.84. The van der Waals surface area contributed by atoms with E-state index in [-0.39, 0.29) is 4.90 Å². The van der Waals surface area contributed by atoms with Gasteiger partial charge in [-0.2, -0.15) is 13.2 Å². The molecule has 4 nitrogen and oxygen atoms in total. The zero-order valence-corrected chi connectivity index (χ0v) is 13.1. The highest BCUT2D eigenvalue weighted by atomic mass is 32.2. The zero-order valence-electron chi connectivity index (χ0n) is 12.3. The van der Waals surface area contributed by atoms with Crippen LogP contribution in [0.2, 0.25) is 0 Å². The van der Waals surface area contributed by atoms with Gasteiger partial charge in [0.25, 0.3) is 0 Å². The van der Waals surface area contributed by atoms with Gasteiger partial charge in [0.15, 0.2) is 0 Å². The predicted octanol–water partition coefficient (Wildman–Crippen LogP) is 2.81. The van der Waals surface area contributed by atoms with Crippen molar-refractivity contribution < 1.29 is 21.6 Å². The molecule has 1 aromatic carbocycles. The third-order valence-corrected chi connectivity index (χ3v) is 5.10. The molecule has 0 aliphatic carbocycles. The summed E-state index contributed by atoms with van der Waals surface area (Å²) in [5.41, 5.74) is 7.53. The molecular formula is C13H19F3N2O2S. The molecule has 0 fully saturated rings. The van der Waals surface area contributed by atoms with E-state index in [1.807, 2.05) is 0 Å². The number of halogens is 3. The third-order valence-electron chi connectivity index (χ3n) is 3.24. The van der Waals surface area contributed by atoms with Gasteiger partial charge >= 0.3 is 6.18 Å². The molecule has 0 bridgehead atoms. The molecule has 21 heavy (non-hydrogen) atoms. The van der Waals surface area contributed by atoms with Gasteiger partial charge in [0.2, 0.25) is 10.0 Å². The summed E-state index contributed by atoms with van der Waals surface area (Å²) in [6.07, 6.45) is -5.66. The van der Waals surface area contributed by atoms with E-state index in [0.717, 1.165) is 0 Å². The van der Waals surface area contributed by atoms with Gasteiger partial charge in [-0.15, -0.1) is 0 Å². The summed E-state index contributed by atoms with van der Waals surface area (Å²) >= 11 is 0. The Hall–Kier alpha value is -1.28. The number of nitrogens with one attached hydrogen (secondary N) is 1. The first kappa shape index (κ1) is 17.8. The molecule has 0 amide bonds. The van der Waals surface area contributed by atoms with E-state index < -0.39 is 28.7 Å². The molecule has 1 unspecified atom stereocenters. The summed E-state index contributed by atoms with van der Waals surface area (Å²) in [5, 5.41) is 0. The van der Waals surface area contributed by atoms with Crippen LogP contribution in [-0.2, 0) is 10.0 Å². The van der Waals surface area contributed by atoms with Crippen LogP contribution in [0.15, 0.2) is 11.0 Å². The number of sulfonamides is 1. The third kappa shape index (κ3) is 4.34. The van der Waals surface area contributed by atoms with Crippen molar-refractivity contribution in [3.05, 3.63) is 22.8 Å². The molecule has 0 saturated heterocycles. The summed E-state index contributed by atoms with van der Waals surface area (Å²) in [5.74, 6) is 0. The largest absolute Gasteiger partial charge is 0.398 e. The van der Waals surface area contributed by atoms with E-state index >= 15 is 0 Å². The zero-order chi connectivity index (χ0) is 16.6. The van der Waals surface area contributed by atoms with E-state index in [1.54, 1.807) is 19.9 Å². The van der Waals surface area contributed by atoms with E-state index in [4.69, 9.17) is 5.73 Å². The lowest BCUT2D eigenvalue weighted by molar-refractivity contribution is -0.137. The number of benzene rings is 1. The summed E-state index contributed by atoms with van der Waals surface area (Å²) in [7, 11) is -4.07. The van der Waals surface area contributed by atoms with E-state index in [2.05, 4.69) is 4.72 Å². The van der Waals surface area contributed by atoms with Crippen LogP contribution in [0.3, 0.4) is 0 Å². The van der Waals surface area contributed by atoms with Gasteiger partial charge in [-0.05, 0) is 50.5 Å². The maximum absolute atomic E-state index is 12.3. The highest BCUT2D eigenvalue weighted by Gasteiger charge is 2.33. The first-order chi connectivity index (χ1) is 9.35. The Bertz CT molecular complexity index is 614. The Kier molecular flexibility index (Phi) is 4.94. The van der Waals surface area contributed by atoms with Crippen molar-refractivity contribution in [1.29, 1.82) is 0 Å². The molecule has 0 aliphatic rings. The Morgan fingerprint density at radius 3 is 2.24 bits per heavy atom. The highest BCUT2D eigenvalue weighted by Crippen LogP contribution is 2.29. The normalized spacial score (nSPS) is 14.2. The molecule has 1 rings (SSSR count). The molecular weight excluding hydrogens is 305 g/mol. The van der Waals surface area contributed by atoms with Crippen LogP contribution in [0, 0.1) is 20.8 Å². The molecule has 1 atom stereocenters. The number of nitrogen functional groups attached to an aromatic ring is 1. The average Bonchev–Trinajstić information content (AvgIpc) is 2.22. The number of anilines is 1. The average molecular weight is 324 g/mol. The van der Waals surface area contributed by atoms with E-state index in [0.29, 0.717) is 22.4 Å². The minimum atomic E-state index is -4.43. The summed E-state index contributed by atoms with van der Waals surface area (Å²) < 4.78 is 63.7. The van der Waals surface area contributed by atoms with E-state index in [1.165, 1.54) is 13.8 Å². The SMILES string of the molecule is Cc1cc(N)c(C)c(S(=O)(=O)NC(C)CC(F)(F)F)c1C. The van der Waals surface area contributed by atoms with Gasteiger partial charge in [-0.1, -0.05) is 0 Å². The van der Waals surface area contributed by atoms with Gasteiger partial charge in [0.05, 0.1) is 11.3 Å². The summed E-state index contributed by atoms with van der Waals surface area (Å²) in [4.78, 5) is -0.0472. The lowest BCUT2D eigenvalue weighted by Crippen LogP contribution is -2.36. The summed E-state index contributed by atoms with van der Waals surface area (Å²) in [6, 6.07) is 0.388. The topological polar surface area (TPSA) is 72.2 Å². The fourth-order valence-electron chi connectivity index (χ4n) is 2.16. The molecule has 0 heterocycles. The molecule has 3 N–H and O–H groups in total. The Labute approximate surface area is 122 Å². The standard InChI is InChI=1S/C13H19F3N2O2S/c1-7-5-11(17)10(4)12(9(7)3)21(19,20)18-8(2)6-13(14,15)16/h5,8,18H,6,17H2,1-4H3. The van der Waals surface area contributed by atoms with Gasteiger partial charge in [-0.3, -0.25) is 0 Å². The second-order valence-electron chi connectivity index (χ2n) is 5.20. The van der Waals surface area contributed by atoms with Gasteiger partial charge in [0.1, 0.15) is 0 Å². The van der Waals surface area contributed by atoms with Gasteiger partial charge in [0, 0.05) is 11.7 Å². The molecule has 1 aromatic rings. The smallest absolute Gasteiger partial charge is 0.390 e. The van der Waals surface area contributed by atoms with Gasteiger partial charge < -0.3 is 5.73 Å². The maximum Gasteiger partial charge on any atom is 0.390 e. The van der Waals surface area contributed by atoms with Crippen molar-refractivity contribution in [2.45, 2.75) is 51.2 Å². The number of alkyl halides is 3. The number of nitrogens with two attached hydrogens (primary N) is 1. The number of rotatable bonds is 4. The van der Waals surface area contributed by atoms with Crippen LogP contribution in [0.25, 0.3) is 0 Å². The fourth-order valence-corrected chi connectivity index (χ4v) is 3.97. The molecule has 8 heteroatoms. The monoisotopic (exact) mass is 324 g/mol. The van der Waals surface area contributed by atoms with Crippen molar-refractivity contribution in [2.24, 2.45) is 0 Å². The van der Waals surface area contributed by atoms with Crippen LogP contribution >= 0.6 is 0 Å². The Morgan fingerprint density at radius 1 is 1.24 bits per heavy atom. The Morgan fingerprint density at radius 2 is 1.76 bits per heavy atom. The first-order valence-electron chi connectivity index (χ1n) is 6.30. The maximum atomic E-state index is 12.3. The van der Waals surface area contributed by atoms with Crippen molar-refractivity contribution in [1.82, 2.24) is 4.72 Å². The summed E-state index contributed by atoms with van der Waals surface area (Å²) in [6.45, 7) is 6.01. The fraction of sp³-hybridized carbons (Fsp3) is 0.538. The second-order valence-corrected chi connectivity index (χ2v) is 6.85. The lowest BCUT2D eigenvalue weighted by atomic mass is 10.1. The van der Waals surface area contributed by atoms with Crippen LogP contribution in [0.4, 0.5) is 18.9 Å². The lowest BCUT2D eigenvalue weighted by Gasteiger charge is -2.19. The molecule has 120 valence electrons. The van der Waals surface area contributed by atoms with Crippen molar-refractivity contribution >= 4 is 15.7 Å². The molecule has 0 spiro atoms. The quantitative estimate of drug-likeness (QED) is 0.837. The number of hydrogen-bond acceptors (Lipinski definition) is 3. The first-order valence-corrected chi connectivity index (χ1v) is 7.79. The van der Waals surface area contributed by atoms with Gasteiger partial charge in [-0.25, -0.2) is 13.1 Å². The molecule has 0 radical (unpaired) electrons. The minimum absolute atomic E-state index is 0.0472. The number of aryl methyl sites for hydroxylation is 1. The van der Waals surface area contributed by atoms with Crippen LogP contribution in [0.1, 0.15) is 30.0 Å². The van der Waals surface area contributed by atoms with Crippen LogP contribution < -0.4 is 10.5 Å². The van der Waals surface area contributed by atoms with Crippen molar-refractivity contribution in [2.75, 3.05) is 5.73 Å². The van der Waals surface area contributed by atoms with Crippen molar-refractivity contribution in [3.8, 4) is 0 Å². The van der Waals surface area contributed by atoms with Crippen molar-refractivity contribution in [3.63, 3.8) is 0 Å². The van der Waals surface area contributed by atoms with Crippen LogP contribution in [-0.4, -0.2) is 20.6 Å².